The first-order valence-electron chi connectivity index (χ1n) is 10.6. The highest BCUT2D eigenvalue weighted by atomic mass is 32.1. The molecule has 11 heteroatoms. The molecule has 2 aromatic heterocycles. The van der Waals surface area contributed by atoms with Crippen molar-refractivity contribution in [3.05, 3.63) is 58.4 Å². The molecule has 2 aliphatic heterocycles. The predicted molar refractivity (Wildman–Crippen MR) is 122 cm³/mol. The third kappa shape index (κ3) is 3.91. The Bertz CT molecular complexity index is 1110. The lowest BCUT2D eigenvalue weighted by atomic mass is 10.2. The lowest BCUT2D eigenvalue weighted by molar-refractivity contribution is -0.384. The molecular formula is C21H23N7O3S. The lowest BCUT2D eigenvalue weighted by Crippen LogP contribution is -2.49. The number of carbonyl (C=O) groups is 1. The summed E-state index contributed by atoms with van der Waals surface area (Å²) in [5, 5.41) is 21.1. The minimum Gasteiger partial charge on any atom is -0.368 e. The Kier molecular flexibility index (Phi) is 5.48. The smallest absolute Gasteiger partial charge is 0.271 e. The van der Waals surface area contributed by atoms with E-state index in [1.54, 1.807) is 12.1 Å². The molecule has 0 N–H and O–H groups in total. The summed E-state index contributed by atoms with van der Waals surface area (Å²) in [7, 11) is 0. The standard InChI is InChI=1S/C21H23N7O3S/c29-19(25-14-12-24(13-15-25)16-5-7-17(8-6-16)28(30)31)18-4-3-11-27(18)21-23-22-20(32-21)26-9-1-2-10-26/h3-8,11H,1-2,9-10,12-15H2. The molecule has 0 spiro atoms. The van der Waals surface area contributed by atoms with Gasteiger partial charge in [0.15, 0.2) is 0 Å². The van der Waals surface area contributed by atoms with Crippen LogP contribution in [0.3, 0.4) is 0 Å². The summed E-state index contributed by atoms with van der Waals surface area (Å²) >= 11 is 1.51. The third-order valence-electron chi connectivity index (χ3n) is 5.95. The maximum absolute atomic E-state index is 13.2. The number of benzene rings is 1. The second kappa shape index (κ2) is 8.58. The van der Waals surface area contributed by atoms with E-state index in [1.165, 1.54) is 36.3 Å². The van der Waals surface area contributed by atoms with Crippen LogP contribution in [0.15, 0.2) is 42.6 Å². The second-order valence-corrected chi connectivity index (χ2v) is 8.81. The highest BCUT2D eigenvalue weighted by Gasteiger charge is 2.26. The monoisotopic (exact) mass is 453 g/mol. The highest BCUT2D eigenvalue weighted by molar-refractivity contribution is 7.17. The molecule has 5 rings (SSSR count). The van der Waals surface area contributed by atoms with Gasteiger partial charge in [-0.25, -0.2) is 0 Å². The fraction of sp³-hybridized carbons (Fsp3) is 0.381. The van der Waals surface area contributed by atoms with E-state index in [-0.39, 0.29) is 11.6 Å². The molecule has 4 heterocycles. The van der Waals surface area contributed by atoms with Crippen molar-refractivity contribution in [1.29, 1.82) is 0 Å². The molecule has 2 saturated heterocycles. The molecule has 0 radical (unpaired) electrons. The Morgan fingerprint density at radius 1 is 0.906 bits per heavy atom. The molecule has 32 heavy (non-hydrogen) atoms. The Labute approximate surface area is 188 Å². The lowest BCUT2D eigenvalue weighted by Gasteiger charge is -2.36. The number of hydrogen-bond acceptors (Lipinski definition) is 8. The minimum atomic E-state index is -0.401. The molecule has 1 amide bonds. The summed E-state index contributed by atoms with van der Waals surface area (Å²) in [6.45, 7) is 4.51. The molecule has 0 bridgehead atoms. The molecule has 3 aromatic rings. The van der Waals surface area contributed by atoms with Crippen LogP contribution in [0.4, 0.5) is 16.5 Å². The quantitative estimate of drug-likeness (QED) is 0.432. The van der Waals surface area contributed by atoms with Gasteiger partial charge >= 0.3 is 0 Å². The second-order valence-electron chi connectivity index (χ2n) is 7.88. The van der Waals surface area contributed by atoms with Gasteiger partial charge in [0.2, 0.25) is 10.3 Å². The fourth-order valence-electron chi connectivity index (χ4n) is 4.18. The number of hydrogen-bond donors (Lipinski definition) is 0. The van der Waals surface area contributed by atoms with Gasteiger partial charge in [0.25, 0.3) is 11.6 Å². The predicted octanol–water partition coefficient (Wildman–Crippen LogP) is 2.80. The number of nitrogens with zero attached hydrogens (tertiary/aromatic N) is 7. The van der Waals surface area contributed by atoms with Crippen LogP contribution in [-0.2, 0) is 0 Å². The van der Waals surface area contributed by atoms with Crippen molar-refractivity contribution in [1.82, 2.24) is 19.7 Å². The number of rotatable bonds is 5. The molecule has 2 aliphatic rings. The zero-order valence-electron chi connectivity index (χ0n) is 17.5. The first-order chi connectivity index (χ1) is 15.6. The van der Waals surface area contributed by atoms with Crippen LogP contribution in [0.2, 0.25) is 0 Å². The first kappa shape index (κ1) is 20.4. The number of aromatic nitrogens is 3. The van der Waals surface area contributed by atoms with Crippen LogP contribution < -0.4 is 9.80 Å². The van der Waals surface area contributed by atoms with Crippen LogP contribution in [0, 0.1) is 10.1 Å². The van der Waals surface area contributed by atoms with E-state index in [2.05, 4.69) is 20.0 Å². The summed E-state index contributed by atoms with van der Waals surface area (Å²) in [6, 6.07) is 10.2. The number of nitro benzene ring substituents is 1. The Hall–Kier alpha value is -3.47. The normalized spacial score (nSPS) is 16.6. The first-order valence-corrected chi connectivity index (χ1v) is 11.5. The van der Waals surface area contributed by atoms with Gasteiger partial charge in [-0.05, 0) is 37.1 Å². The van der Waals surface area contributed by atoms with E-state index in [9.17, 15) is 14.9 Å². The molecule has 0 aliphatic carbocycles. The van der Waals surface area contributed by atoms with Gasteiger partial charge in [0, 0.05) is 63.3 Å². The third-order valence-corrected chi connectivity index (χ3v) is 6.93. The van der Waals surface area contributed by atoms with E-state index in [4.69, 9.17) is 0 Å². The molecule has 2 fully saturated rings. The number of anilines is 2. The van der Waals surface area contributed by atoms with Gasteiger partial charge in [0.1, 0.15) is 5.69 Å². The fourth-order valence-corrected chi connectivity index (χ4v) is 5.07. The van der Waals surface area contributed by atoms with Gasteiger partial charge in [-0.3, -0.25) is 19.5 Å². The van der Waals surface area contributed by atoms with E-state index in [0.717, 1.165) is 23.9 Å². The average Bonchev–Trinajstić information content (AvgIpc) is 3.59. The van der Waals surface area contributed by atoms with Gasteiger partial charge in [-0.2, -0.15) is 0 Å². The molecule has 166 valence electrons. The van der Waals surface area contributed by atoms with Crippen molar-refractivity contribution in [3.8, 4) is 5.13 Å². The van der Waals surface area contributed by atoms with E-state index in [0.29, 0.717) is 37.0 Å². The van der Waals surface area contributed by atoms with Crippen LogP contribution in [0.5, 0.6) is 0 Å². The van der Waals surface area contributed by atoms with Crippen molar-refractivity contribution >= 4 is 33.8 Å². The van der Waals surface area contributed by atoms with Crippen molar-refractivity contribution in [2.45, 2.75) is 12.8 Å². The minimum absolute atomic E-state index is 0.0312. The van der Waals surface area contributed by atoms with Gasteiger partial charge < -0.3 is 14.7 Å². The summed E-state index contributed by atoms with van der Waals surface area (Å²) < 4.78 is 1.82. The van der Waals surface area contributed by atoms with Crippen molar-refractivity contribution in [2.24, 2.45) is 0 Å². The summed E-state index contributed by atoms with van der Waals surface area (Å²) in [6.07, 6.45) is 4.21. The average molecular weight is 454 g/mol. The highest BCUT2D eigenvalue weighted by Crippen LogP contribution is 2.28. The number of non-ortho nitro benzene ring substituents is 1. The van der Waals surface area contributed by atoms with E-state index >= 15 is 0 Å². The molecule has 0 unspecified atom stereocenters. The Morgan fingerprint density at radius 2 is 1.59 bits per heavy atom. The molecule has 1 aromatic carbocycles. The van der Waals surface area contributed by atoms with Crippen molar-refractivity contribution in [2.75, 3.05) is 49.1 Å². The largest absolute Gasteiger partial charge is 0.368 e. The topological polar surface area (TPSA) is 101 Å². The summed E-state index contributed by atoms with van der Waals surface area (Å²) in [4.78, 5) is 29.9. The van der Waals surface area contributed by atoms with Gasteiger partial charge in [0.05, 0.1) is 4.92 Å². The molecular weight excluding hydrogens is 430 g/mol. The Morgan fingerprint density at radius 3 is 2.28 bits per heavy atom. The maximum Gasteiger partial charge on any atom is 0.271 e. The maximum atomic E-state index is 13.2. The Balaban J connectivity index is 1.25. The van der Waals surface area contributed by atoms with Gasteiger partial charge in [-0.1, -0.05) is 11.3 Å². The van der Waals surface area contributed by atoms with Crippen LogP contribution in [0.25, 0.3) is 5.13 Å². The number of carbonyl (C=O) groups excluding carboxylic acids is 1. The van der Waals surface area contributed by atoms with Crippen LogP contribution in [0.1, 0.15) is 23.3 Å². The van der Waals surface area contributed by atoms with E-state index in [1.807, 2.05) is 27.8 Å². The molecule has 0 atom stereocenters. The molecule has 10 nitrogen and oxygen atoms in total. The zero-order chi connectivity index (χ0) is 22.1. The zero-order valence-corrected chi connectivity index (χ0v) is 18.3. The van der Waals surface area contributed by atoms with Gasteiger partial charge in [-0.15, -0.1) is 10.2 Å². The molecule has 0 saturated carbocycles. The van der Waals surface area contributed by atoms with Crippen molar-refractivity contribution < 1.29 is 9.72 Å². The summed E-state index contributed by atoms with van der Waals surface area (Å²) in [5.74, 6) is -0.0312. The SMILES string of the molecule is O=C(c1cccn1-c1nnc(N2CCCC2)s1)N1CCN(c2ccc([N+](=O)[O-])cc2)CC1. The number of nitro groups is 1. The van der Waals surface area contributed by atoms with Crippen LogP contribution >= 0.6 is 11.3 Å². The number of piperazine rings is 1. The number of amides is 1. The van der Waals surface area contributed by atoms with Crippen LogP contribution in [-0.4, -0.2) is 69.8 Å². The van der Waals surface area contributed by atoms with Crippen molar-refractivity contribution in [3.63, 3.8) is 0 Å². The van der Waals surface area contributed by atoms with E-state index < -0.39 is 4.92 Å². The summed E-state index contributed by atoms with van der Waals surface area (Å²) in [5.41, 5.74) is 1.58.